The smallest absolute Gasteiger partial charge is 0.0444 e. The van der Waals surface area contributed by atoms with Gasteiger partial charge in [-0.15, -0.1) is 0 Å². The number of hydrogen-bond donors (Lipinski definition) is 1. The van der Waals surface area contributed by atoms with Crippen molar-refractivity contribution in [3.05, 3.63) is 34.3 Å². The Kier molecular flexibility index (Phi) is 2.45. The van der Waals surface area contributed by atoms with Gasteiger partial charge in [-0.25, -0.2) is 0 Å². The van der Waals surface area contributed by atoms with E-state index >= 15 is 0 Å². The fourth-order valence-corrected chi connectivity index (χ4v) is 2.95. The fraction of sp³-hybridized carbons (Fsp3) is 0.538. The van der Waals surface area contributed by atoms with Gasteiger partial charge in [0.1, 0.15) is 0 Å². The van der Waals surface area contributed by atoms with Gasteiger partial charge in [0.05, 0.1) is 0 Å². The standard InChI is InChI=1S/C13H16ClN/c14-11-4-1-3-10(12-5-2-8-15-12)13(11)9-6-7-9/h1,3-4,9,12,15H,2,5-8H2. The maximum Gasteiger partial charge on any atom is 0.0444 e. The van der Waals surface area contributed by atoms with Crippen LogP contribution in [0.15, 0.2) is 18.2 Å². The van der Waals surface area contributed by atoms with Gasteiger partial charge in [-0.2, -0.15) is 0 Å². The Balaban J connectivity index is 2.00. The van der Waals surface area contributed by atoms with Gasteiger partial charge < -0.3 is 5.32 Å². The Morgan fingerprint density at radius 3 is 2.73 bits per heavy atom. The zero-order valence-electron chi connectivity index (χ0n) is 8.80. The largest absolute Gasteiger partial charge is 0.310 e. The van der Waals surface area contributed by atoms with Crippen molar-refractivity contribution in [3.8, 4) is 0 Å². The first kappa shape index (κ1) is 9.68. The van der Waals surface area contributed by atoms with Crippen molar-refractivity contribution in [2.75, 3.05) is 6.54 Å². The predicted octanol–water partition coefficient (Wildman–Crippen LogP) is 3.64. The number of benzene rings is 1. The molecule has 0 aromatic heterocycles. The third kappa shape index (κ3) is 1.79. The lowest BCUT2D eigenvalue weighted by Gasteiger charge is -2.16. The maximum absolute atomic E-state index is 6.32. The van der Waals surface area contributed by atoms with Crippen LogP contribution >= 0.6 is 11.6 Å². The second kappa shape index (κ2) is 3.80. The molecule has 1 aliphatic heterocycles. The zero-order chi connectivity index (χ0) is 10.3. The monoisotopic (exact) mass is 221 g/mol. The van der Waals surface area contributed by atoms with Crippen molar-refractivity contribution in [2.45, 2.75) is 37.6 Å². The van der Waals surface area contributed by atoms with E-state index < -0.39 is 0 Å². The van der Waals surface area contributed by atoms with Crippen molar-refractivity contribution >= 4 is 11.6 Å². The van der Waals surface area contributed by atoms with E-state index in [0.29, 0.717) is 6.04 Å². The molecule has 1 atom stereocenters. The molecule has 0 amide bonds. The molecule has 1 aromatic rings. The molecule has 1 heterocycles. The zero-order valence-corrected chi connectivity index (χ0v) is 9.56. The minimum absolute atomic E-state index is 0.555. The van der Waals surface area contributed by atoms with Gasteiger partial charge in [0.2, 0.25) is 0 Å². The van der Waals surface area contributed by atoms with Gasteiger partial charge in [-0.3, -0.25) is 0 Å². The highest BCUT2D eigenvalue weighted by Crippen LogP contribution is 2.46. The molecule has 1 saturated heterocycles. The third-order valence-electron chi connectivity index (χ3n) is 3.51. The summed E-state index contributed by atoms with van der Waals surface area (Å²) in [6.45, 7) is 1.15. The Bertz CT molecular complexity index is 365. The van der Waals surface area contributed by atoms with E-state index in [-0.39, 0.29) is 0 Å². The van der Waals surface area contributed by atoms with Crippen molar-refractivity contribution < 1.29 is 0 Å². The van der Waals surface area contributed by atoms with Gasteiger partial charge in [0.25, 0.3) is 0 Å². The van der Waals surface area contributed by atoms with Gasteiger partial charge in [-0.1, -0.05) is 23.7 Å². The lowest BCUT2D eigenvalue weighted by Crippen LogP contribution is -2.14. The van der Waals surface area contributed by atoms with E-state index in [0.717, 1.165) is 17.5 Å². The summed E-state index contributed by atoms with van der Waals surface area (Å²) in [5, 5.41) is 4.54. The van der Waals surface area contributed by atoms with Crippen LogP contribution < -0.4 is 5.32 Å². The molecule has 15 heavy (non-hydrogen) atoms. The summed E-state index contributed by atoms with van der Waals surface area (Å²) in [6.07, 6.45) is 5.20. The van der Waals surface area contributed by atoms with E-state index in [1.165, 1.54) is 36.8 Å². The van der Waals surface area contributed by atoms with Crippen LogP contribution in [0.1, 0.15) is 48.8 Å². The average molecular weight is 222 g/mol. The average Bonchev–Trinajstić information content (AvgIpc) is 2.93. The lowest BCUT2D eigenvalue weighted by atomic mass is 9.96. The minimum Gasteiger partial charge on any atom is -0.310 e. The van der Waals surface area contributed by atoms with Crippen LogP contribution in [0.2, 0.25) is 5.02 Å². The van der Waals surface area contributed by atoms with Crippen LogP contribution in [0.5, 0.6) is 0 Å². The predicted molar refractivity (Wildman–Crippen MR) is 63.4 cm³/mol. The van der Waals surface area contributed by atoms with E-state index in [4.69, 9.17) is 11.6 Å². The molecule has 1 unspecified atom stereocenters. The summed E-state index contributed by atoms with van der Waals surface area (Å²) >= 11 is 6.32. The number of nitrogens with one attached hydrogen (secondary N) is 1. The number of halogens is 1. The molecule has 1 aliphatic carbocycles. The second-order valence-electron chi connectivity index (χ2n) is 4.67. The molecule has 2 fully saturated rings. The Morgan fingerprint density at radius 2 is 2.07 bits per heavy atom. The summed E-state index contributed by atoms with van der Waals surface area (Å²) in [5.74, 6) is 0.746. The molecule has 0 spiro atoms. The van der Waals surface area contributed by atoms with Gasteiger partial charge >= 0.3 is 0 Å². The summed E-state index contributed by atoms with van der Waals surface area (Å²) < 4.78 is 0. The first-order valence-electron chi connectivity index (χ1n) is 5.88. The van der Waals surface area contributed by atoms with E-state index in [9.17, 15) is 0 Å². The first-order chi connectivity index (χ1) is 7.36. The van der Waals surface area contributed by atoms with E-state index in [2.05, 4.69) is 17.4 Å². The molecule has 3 rings (SSSR count). The molecule has 1 saturated carbocycles. The van der Waals surface area contributed by atoms with Crippen LogP contribution in [0.4, 0.5) is 0 Å². The SMILES string of the molecule is Clc1cccc(C2CCCN2)c1C1CC1. The highest BCUT2D eigenvalue weighted by Gasteiger charge is 2.31. The van der Waals surface area contributed by atoms with Crippen LogP contribution in [-0.2, 0) is 0 Å². The highest BCUT2D eigenvalue weighted by molar-refractivity contribution is 6.31. The van der Waals surface area contributed by atoms with Crippen molar-refractivity contribution in [1.29, 1.82) is 0 Å². The van der Waals surface area contributed by atoms with Gasteiger partial charge in [0, 0.05) is 11.1 Å². The highest BCUT2D eigenvalue weighted by atomic mass is 35.5. The molecule has 0 radical (unpaired) electrons. The molecular weight excluding hydrogens is 206 g/mol. The van der Waals surface area contributed by atoms with E-state index in [1.807, 2.05) is 6.07 Å². The fourth-order valence-electron chi connectivity index (χ4n) is 2.61. The van der Waals surface area contributed by atoms with E-state index in [1.54, 1.807) is 0 Å². The van der Waals surface area contributed by atoms with Crippen LogP contribution in [0.25, 0.3) is 0 Å². The van der Waals surface area contributed by atoms with Gasteiger partial charge in [-0.05, 0) is 55.3 Å². The molecule has 1 N–H and O–H groups in total. The molecule has 2 aliphatic rings. The number of hydrogen-bond acceptors (Lipinski definition) is 1. The topological polar surface area (TPSA) is 12.0 Å². The Labute approximate surface area is 95.8 Å². The van der Waals surface area contributed by atoms with Crippen LogP contribution in [0, 0.1) is 0 Å². The summed E-state index contributed by atoms with van der Waals surface area (Å²) in [7, 11) is 0. The van der Waals surface area contributed by atoms with Crippen LogP contribution in [-0.4, -0.2) is 6.54 Å². The first-order valence-corrected chi connectivity index (χ1v) is 6.26. The maximum atomic E-state index is 6.32. The van der Waals surface area contributed by atoms with Crippen molar-refractivity contribution in [1.82, 2.24) is 5.32 Å². The molecule has 0 bridgehead atoms. The second-order valence-corrected chi connectivity index (χ2v) is 5.07. The van der Waals surface area contributed by atoms with Crippen molar-refractivity contribution in [2.24, 2.45) is 0 Å². The summed E-state index contributed by atoms with van der Waals surface area (Å²) in [5.41, 5.74) is 2.89. The number of rotatable bonds is 2. The van der Waals surface area contributed by atoms with Crippen molar-refractivity contribution in [3.63, 3.8) is 0 Å². The Morgan fingerprint density at radius 1 is 1.20 bits per heavy atom. The summed E-state index contributed by atoms with van der Waals surface area (Å²) in [6, 6.07) is 6.93. The Hall–Kier alpha value is -0.530. The quantitative estimate of drug-likeness (QED) is 0.804. The minimum atomic E-state index is 0.555. The molecule has 1 aromatic carbocycles. The van der Waals surface area contributed by atoms with Gasteiger partial charge in [0.15, 0.2) is 0 Å². The van der Waals surface area contributed by atoms with Crippen LogP contribution in [0.3, 0.4) is 0 Å². The molecule has 2 heteroatoms. The molecular formula is C13H16ClN. The third-order valence-corrected chi connectivity index (χ3v) is 3.84. The molecule has 1 nitrogen and oxygen atoms in total. The summed E-state index contributed by atoms with van der Waals surface area (Å²) in [4.78, 5) is 0. The normalized spacial score (nSPS) is 25.8. The lowest BCUT2D eigenvalue weighted by molar-refractivity contribution is 0.640. The molecule has 80 valence electrons.